The van der Waals surface area contributed by atoms with Crippen LogP contribution in [0.25, 0.3) is 22.1 Å². The number of carbonyl (C=O) groups excluding carboxylic acids is 1. The van der Waals surface area contributed by atoms with Gasteiger partial charge in [-0.1, -0.05) is 23.4 Å². The highest BCUT2D eigenvalue weighted by molar-refractivity contribution is 6.04. The molecule has 0 saturated carbocycles. The van der Waals surface area contributed by atoms with E-state index in [0.29, 0.717) is 42.2 Å². The number of hydrogen-bond donors (Lipinski definition) is 3. The zero-order valence-electron chi connectivity index (χ0n) is 20.8. The van der Waals surface area contributed by atoms with Crippen LogP contribution < -0.4 is 21.1 Å². The second kappa shape index (κ2) is 11.2. The zero-order valence-corrected chi connectivity index (χ0v) is 20.8. The van der Waals surface area contributed by atoms with Gasteiger partial charge in [0.15, 0.2) is 11.6 Å². The quantitative estimate of drug-likeness (QED) is 0.285. The van der Waals surface area contributed by atoms with E-state index < -0.39 is 17.8 Å². The Morgan fingerprint density at radius 1 is 1.03 bits per heavy atom. The van der Waals surface area contributed by atoms with Crippen molar-refractivity contribution in [3.63, 3.8) is 0 Å². The molecule has 0 atom stereocenters. The number of nitrogens with one attached hydrogen (secondary N) is 2. The van der Waals surface area contributed by atoms with Crippen LogP contribution in [0.3, 0.4) is 0 Å². The van der Waals surface area contributed by atoms with E-state index in [1.165, 1.54) is 12.1 Å². The lowest BCUT2D eigenvalue weighted by molar-refractivity contribution is -0.137. The molecule has 1 saturated heterocycles. The van der Waals surface area contributed by atoms with Gasteiger partial charge in [0.1, 0.15) is 6.61 Å². The number of hydrogen-bond acceptors (Lipinski definition) is 7. The van der Waals surface area contributed by atoms with Gasteiger partial charge < -0.3 is 30.4 Å². The first-order valence-corrected chi connectivity index (χ1v) is 12.2. The Morgan fingerprint density at radius 3 is 2.51 bits per heavy atom. The van der Waals surface area contributed by atoms with E-state index in [2.05, 4.69) is 20.7 Å². The maximum atomic E-state index is 12.9. The van der Waals surface area contributed by atoms with E-state index in [0.717, 1.165) is 42.9 Å². The molecular formula is C27H26F3N5O4. The predicted octanol–water partition coefficient (Wildman–Crippen LogP) is 5.45. The number of ether oxygens (including phenoxy) is 2. The van der Waals surface area contributed by atoms with Crippen LogP contribution in [0.1, 0.15) is 5.56 Å². The van der Waals surface area contributed by atoms with E-state index in [1.807, 2.05) is 6.07 Å². The Bertz CT molecular complexity index is 1450. The van der Waals surface area contributed by atoms with Crippen LogP contribution in [0.4, 0.5) is 35.2 Å². The first-order chi connectivity index (χ1) is 18.8. The number of alkyl halides is 3. The lowest BCUT2D eigenvalue weighted by Gasteiger charge is -2.26. The number of halogens is 3. The number of urea groups is 1. The lowest BCUT2D eigenvalue weighted by atomic mass is 10.0. The summed E-state index contributed by atoms with van der Waals surface area (Å²) >= 11 is 0. The topological polar surface area (TPSA) is 115 Å². The van der Waals surface area contributed by atoms with Gasteiger partial charge in [0.25, 0.3) is 0 Å². The maximum Gasteiger partial charge on any atom is 0.416 e. The normalized spacial score (nSPS) is 14.3. The summed E-state index contributed by atoms with van der Waals surface area (Å²) in [6, 6.07) is 14.3. The number of fused-ring (bicyclic) bond motifs is 1. The third kappa shape index (κ3) is 6.24. The van der Waals surface area contributed by atoms with E-state index >= 15 is 0 Å². The Labute approximate surface area is 221 Å². The number of benzene rings is 3. The van der Waals surface area contributed by atoms with Gasteiger partial charge in [-0.3, -0.25) is 4.90 Å². The highest BCUT2D eigenvalue weighted by atomic mass is 19.4. The summed E-state index contributed by atoms with van der Waals surface area (Å²) in [5.41, 5.74) is 7.74. The maximum absolute atomic E-state index is 12.9. The summed E-state index contributed by atoms with van der Waals surface area (Å²) in [6.07, 6.45) is -4.50. The van der Waals surface area contributed by atoms with Crippen molar-refractivity contribution in [3.05, 3.63) is 66.2 Å². The average Bonchev–Trinajstić information content (AvgIpc) is 3.31. The molecule has 5 rings (SSSR count). The zero-order chi connectivity index (χ0) is 27.4. The second-order valence-electron chi connectivity index (χ2n) is 8.92. The summed E-state index contributed by atoms with van der Waals surface area (Å²) in [4.78, 5) is 14.6. The summed E-state index contributed by atoms with van der Waals surface area (Å²) in [5.74, 6) is 0.761. The minimum atomic E-state index is -4.50. The Balaban J connectivity index is 1.26. The first kappa shape index (κ1) is 26.3. The smallest absolute Gasteiger partial charge is 0.416 e. The number of nitrogens with two attached hydrogens (primary N) is 1. The molecule has 12 heteroatoms. The largest absolute Gasteiger partial charge is 0.488 e. The molecule has 2 amide bonds. The fraction of sp³-hybridized carbons (Fsp3) is 0.259. The molecule has 1 fully saturated rings. The van der Waals surface area contributed by atoms with Crippen LogP contribution in [0.5, 0.6) is 5.75 Å². The predicted molar refractivity (Wildman–Crippen MR) is 141 cm³/mol. The third-order valence-electron chi connectivity index (χ3n) is 6.28. The molecule has 0 spiro atoms. The van der Waals surface area contributed by atoms with Gasteiger partial charge in [-0.2, -0.15) is 13.2 Å². The molecule has 3 aromatic carbocycles. The molecular weight excluding hydrogens is 515 g/mol. The van der Waals surface area contributed by atoms with Gasteiger partial charge in [-0.25, -0.2) is 4.79 Å². The van der Waals surface area contributed by atoms with Gasteiger partial charge in [-0.15, -0.1) is 0 Å². The molecule has 0 radical (unpaired) electrons. The van der Waals surface area contributed by atoms with Crippen LogP contribution in [0.2, 0.25) is 0 Å². The number of aromatic nitrogens is 1. The van der Waals surface area contributed by atoms with Crippen LogP contribution in [-0.4, -0.2) is 55.5 Å². The Kier molecular flexibility index (Phi) is 7.57. The SMILES string of the molecule is Nc1noc2c(OCCN3CCOCC3)ccc(-c3ccc(NC(=O)Nc4cccc(C(F)(F)F)c4)cc3)c12. The van der Waals surface area contributed by atoms with Gasteiger partial charge >= 0.3 is 12.2 Å². The number of nitrogen functional groups attached to an aromatic ring is 1. The van der Waals surface area contributed by atoms with E-state index in [1.54, 1.807) is 30.3 Å². The number of amides is 2. The van der Waals surface area contributed by atoms with Crippen LogP contribution in [0.15, 0.2) is 65.2 Å². The van der Waals surface area contributed by atoms with Crippen LogP contribution >= 0.6 is 0 Å². The van der Waals surface area contributed by atoms with E-state index in [-0.39, 0.29) is 11.5 Å². The van der Waals surface area contributed by atoms with Crippen molar-refractivity contribution in [1.29, 1.82) is 0 Å². The summed E-state index contributed by atoms with van der Waals surface area (Å²) in [5, 5.41) is 9.55. The standard InChI is InChI=1S/C27H26F3N5O4/c28-27(29,30)18-2-1-3-20(16-18)33-26(36)32-19-6-4-17(5-7-19)21-8-9-22(24-23(21)25(31)34-39-24)38-15-12-35-10-13-37-14-11-35/h1-9,16H,10-15H2,(H2,31,34)(H2,32,33,36). The number of carbonyl (C=O) groups is 1. The Hall–Kier alpha value is -4.29. The average molecular weight is 542 g/mol. The second-order valence-corrected chi connectivity index (χ2v) is 8.92. The van der Waals surface area contributed by atoms with E-state index in [4.69, 9.17) is 19.7 Å². The van der Waals surface area contributed by atoms with E-state index in [9.17, 15) is 18.0 Å². The molecule has 0 unspecified atom stereocenters. The lowest BCUT2D eigenvalue weighted by Crippen LogP contribution is -2.38. The minimum Gasteiger partial charge on any atom is -0.488 e. The van der Waals surface area contributed by atoms with Crippen molar-refractivity contribution < 1.29 is 32.0 Å². The van der Waals surface area contributed by atoms with Crippen molar-refractivity contribution in [3.8, 4) is 16.9 Å². The molecule has 4 aromatic rings. The monoisotopic (exact) mass is 541 g/mol. The number of nitrogens with zero attached hydrogens (tertiary/aromatic N) is 2. The molecule has 204 valence electrons. The fourth-order valence-corrected chi connectivity index (χ4v) is 4.31. The molecule has 1 aromatic heterocycles. The van der Waals surface area contributed by atoms with Gasteiger partial charge in [0.05, 0.1) is 24.2 Å². The summed E-state index contributed by atoms with van der Waals surface area (Å²) < 4.78 is 55.6. The first-order valence-electron chi connectivity index (χ1n) is 12.2. The minimum absolute atomic E-state index is 0.0246. The fourth-order valence-electron chi connectivity index (χ4n) is 4.31. The third-order valence-corrected chi connectivity index (χ3v) is 6.28. The van der Waals surface area contributed by atoms with Crippen LogP contribution in [0, 0.1) is 0 Å². The van der Waals surface area contributed by atoms with Crippen molar-refractivity contribution in [2.75, 3.05) is 55.8 Å². The highest BCUT2D eigenvalue weighted by Gasteiger charge is 2.30. The molecule has 2 heterocycles. The number of anilines is 3. The highest BCUT2D eigenvalue weighted by Crippen LogP contribution is 2.38. The van der Waals surface area contributed by atoms with Gasteiger partial charge in [-0.05, 0) is 53.6 Å². The molecule has 1 aliphatic rings. The molecule has 39 heavy (non-hydrogen) atoms. The molecule has 1 aliphatic heterocycles. The molecule has 4 N–H and O–H groups in total. The molecule has 0 bridgehead atoms. The summed E-state index contributed by atoms with van der Waals surface area (Å²) in [6.45, 7) is 4.39. The number of morpholine rings is 1. The number of rotatable bonds is 7. The van der Waals surface area contributed by atoms with Crippen molar-refractivity contribution in [2.24, 2.45) is 0 Å². The molecule has 0 aliphatic carbocycles. The summed E-state index contributed by atoms with van der Waals surface area (Å²) in [7, 11) is 0. The van der Waals surface area contributed by atoms with Crippen molar-refractivity contribution >= 4 is 34.2 Å². The van der Waals surface area contributed by atoms with Crippen molar-refractivity contribution in [2.45, 2.75) is 6.18 Å². The Morgan fingerprint density at radius 2 is 1.77 bits per heavy atom. The van der Waals surface area contributed by atoms with Crippen LogP contribution in [-0.2, 0) is 10.9 Å². The van der Waals surface area contributed by atoms with Gasteiger partial charge in [0.2, 0.25) is 5.58 Å². The van der Waals surface area contributed by atoms with Crippen molar-refractivity contribution in [1.82, 2.24) is 10.1 Å². The molecule has 9 nitrogen and oxygen atoms in total. The van der Waals surface area contributed by atoms with Gasteiger partial charge in [0, 0.05) is 31.0 Å².